The lowest BCUT2D eigenvalue weighted by molar-refractivity contribution is 1.30. The molecule has 0 aliphatic rings. The summed E-state index contributed by atoms with van der Waals surface area (Å²) in [6.45, 7) is 3.94. The first-order valence-corrected chi connectivity index (χ1v) is 17.7. The predicted octanol–water partition coefficient (Wildman–Crippen LogP) is 13.9. The molecular formula is C44H30N2S2. The highest BCUT2D eigenvalue weighted by Gasteiger charge is 2.20. The molecule has 0 aliphatic heterocycles. The molecule has 0 unspecified atom stereocenters. The first kappa shape index (κ1) is 28.5. The third-order valence-corrected chi connectivity index (χ3v) is 11.2. The maximum atomic E-state index is 3.94. The topological polar surface area (TPSA) is 15.3 Å². The smallest absolute Gasteiger partial charge is 0.0560 e. The van der Waals surface area contributed by atoms with Crippen molar-refractivity contribution in [1.82, 2.24) is 0 Å². The Balaban J connectivity index is 1.12. The summed E-state index contributed by atoms with van der Waals surface area (Å²) in [5.74, 6) is 0. The van der Waals surface area contributed by atoms with E-state index in [4.69, 9.17) is 0 Å². The minimum absolute atomic E-state index is 1.06. The van der Waals surface area contributed by atoms with Gasteiger partial charge in [-0.25, -0.2) is 0 Å². The van der Waals surface area contributed by atoms with Gasteiger partial charge in [0.05, 0.1) is 5.69 Å². The van der Waals surface area contributed by atoms with Crippen LogP contribution in [0.15, 0.2) is 164 Å². The van der Waals surface area contributed by atoms with Gasteiger partial charge in [-0.15, -0.1) is 22.7 Å². The van der Waals surface area contributed by atoms with Gasteiger partial charge in [-0.05, 0) is 95.6 Å². The van der Waals surface area contributed by atoms with Gasteiger partial charge in [-0.1, -0.05) is 91.5 Å². The van der Waals surface area contributed by atoms with E-state index in [9.17, 15) is 0 Å². The minimum atomic E-state index is 1.06. The maximum Gasteiger partial charge on any atom is 0.0560 e. The second-order valence-electron chi connectivity index (χ2n) is 11.9. The lowest BCUT2D eigenvalue weighted by Gasteiger charge is -2.27. The Kier molecular flexibility index (Phi) is 7.04. The molecule has 7 aromatic carbocycles. The van der Waals surface area contributed by atoms with E-state index in [0.29, 0.717) is 0 Å². The zero-order valence-electron chi connectivity index (χ0n) is 26.1. The standard InChI is InChI=1S/C44H30N2S2/c1-2-29-17-24-41-38(25-29)36-23-22-33(28-42(36)47-41)45-32-20-18-30(19-21-32)31-26-39(44-37-15-9-10-16-40(37)48-43(44)27-31)46(34-11-5-3-6-12-34)35-13-7-4-8-14-35/h2-28,45H,1H2. The second-order valence-corrected chi connectivity index (χ2v) is 14.1. The second kappa shape index (κ2) is 11.8. The maximum absolute atomic E-state index is 3.94. The Morgan fingerprint density at radius 3 is 1.90 bits per heavy atom. The van der Waals surface area contributed by atoms with Crippen molar-refractivity contribution in [3.05, 3.63) is 170 Å². The van der Waals surface area contributed by atoms with Crippen molar-refractivity contribution in [1.29, 1.82) is 0 Å². The average Bonchev–Trinajstić information content (AvgIpc) is 3.70. The van der Waals surface area contributed by atoms with Gasteiger partial charge in [-0.2, -0.15) is 0 Å². The molecule has 2 heterocycles. The SMILES string of the molecule is C=Cc1ccc2sc3cc(Nc4ccc(-c5cc(N(c6ccccc6)c6ccccc6)c6c(c5)sc5ccccc56)cc4)ccc3c2c1. The summed E-state index contributed by atoms with van der Waals surface area (Å²) in [6.07, 6.45) is 1.91. The zero-order chi connectivity index (χ0) is 32.0. The van der Waals surface area contributed by atoms with Crippen LogP contribution in [0.3, 0.4) is 0 Å². The lowest BCUT2D eigenvalue weighted by atomic mass is 10.00. The van der Waals surface area contributed by atoms with Crippen molar-refractivity contribution in [2.45, 2.75) is 0 Å². The van der Waals surface area contributed by atoms with Crippen LogP contribution < -0.4 is 10.2 Å². The third-order valence-electron chi connectivity index (χ3n) is 8.97. The monoisotopic (exact) mass is 650 g/mol. The zero-order valence-corrected chi connectivity index (χ0v) is 27.7. The summed E-state index contributed by atoms with van der Waals surface area (Å²) >= 11 is 3.69. The first-order valence-electron chi connectivity index (χ1n) is 16.0. The number of para-hydroxylation sites is 2. The number of rotatable bonds is 7. The molecule has 0 atom stereocenters. The number of thiophene rings is 2. The average molecular weight is 651 g/mol. The highest BCUT2D eigenvalue weighted by molar-refractivity contribution is 7.26. The summed E-state index contributed by atoms with van der Waals surface area (Å²) in [4.78, 5) is 2.39. The number of hydrogen-bond acceptors (Lipinski definition) is 4. The Morgan fingerprint density at radius 1 is 0.479 bits per heavy atom. The minimum Gasteiger partial charge on any atom is -0.355 e. The summed E-state index contributed by atoms with van der Waals surface area (Å²) in [7, 11) is 0. The van der Waals surface area contributed by atoms with Crippen LogP contribution >= 0.6 is 22.7 Å². The van der Waals surface area contributed by atoms with E-state index in [1.807, 2.05) is 28.7 Å². The van der Waals surface area contributed by atoms with Crippen molar-refractivity contribution < 1.29 is 0 Å². The Morgan fingerprint density at radius 2 is 1.15 bits per heavy atom. The van der Waals surface area contributed by atoms with Gasteiger partial charge in [0.15, 0.2) is 0 Å². The lowest BCUT2D eigenvalue weighted by Crippen LogP contribution is -2.10. The highest BCUT2D eigenvalue weighted by Crippen LogP contribution is 2.47. The summed E-state index contributed by atoms with van der Waals surface area (Å²) in [5.41, 5.74) is 9.11. The molecule has 0 bridgehead atoms. The quantitative estimate of drug-likeness (QED) is 0.185. The van der Waals surface area contributed by atoms with Crippen LogP contribution in [-0.4, -0.2) is 0 Å². The van der Waals surface area contributed by atoms with Gasteiger partial charge >= 0.3 is 0 Å². The molecule has 2 nitrogen and oxygen atoms in total. The third kappa shape index (κ3) is 5.03. The molecule has 9 aromatic rings. The largest absolute Gasteiger partial charge is 0.355 e. The molecule has 0 spiro atoms. The normalized spacial score (nSPS) is 11.4. The molecule has 4 heteroatoms. The summed E-state index contributed by atoms with van der Waals surface area (Å²) in [6, 6.07) is 56.9. The molecule has 0 saturated carbocycles. The fraction of sp³-hybridized carbons (Fsp3) is 0. The summed E-state index contributed by atoms with van der Waals surface area (Å²) in [5, 5.41) is 8.78. The van der Waals surface area contributed by atoms with Crippen molar-refractivity contribution >= 4 is 97.5 Å². The van der Waals surface area contributed by atoms with E-state index in [1.54, 1.807) is 0 Å². The van der Waals surface area contributed by atoms with E-state index in [2.05, 4.69) is 175 Å². The van der Waals surface area contributed by atoms with Crippen LogP contribution in [0.5, 0.6) is 0 Å². The van der Waals surface area contributed by atoms with Gasteiger partial charge < -0.3 is 10.2 Å². The van der Waals surface area contributed by atoms with E-state index in [0.717, 1.165) is 28.3 Å². The number of benzene rings is 7. The van der Waals surface area contributed by atoms with Crippen LogP contribution in [0.1, 0.15) is 5.56 Å². The first-order chi connectivity index (χ1) is 23.7. The number of hydrogen-bond donors (Lipinski definition) is 1. The predicted molar refractivity (Wildman–Crippen MR) is 212 cm³/mol. The van der Waals surface area contributed by atoms with Crippen LogP contribution in [0.25, 0.3) is 57.5 Å². The Bertz CT molecular complexity index is 2560. The van der Waals surface area contributed by atoms with Crippen LogP contribution in [0, 0.1) is 0 Å². The Labute approximate surface area is 287 Å². The summed E-state index contributed by atoms with van der Waals surface area (Å²) < 4.78 is 5.14. The van der Waals surface area contributed by atoms with E-state index < -0.39 is 0 Å². The molecule has 9 rings (SSSR count). The van der Waals surface area contributed by atoms with Gasteiger partial charge in [0.2, 0.25) is 0 Å². The van der Waals surface area contributed by atoms with E-state index in [1.165, 1.54) is 57.2 Å². The van der Waals surface area contributed by atoms with E-state index >= 15 is 0 Å². The molecule has 48 heavy (non-hydrogen) atoms. The molecule has 0 saturated heterocycles. The van der Waals surface area contributed by atoms with Crippen LogP contribution in [-0.2, 0) is 0 Å². The van der Waals surface area contributed by atoms with Gasteiger partial charge in [-0.3, -0.25) is 0 Å². The number of nitrogens with one attached hydrogen (secondary N) is 1. The number of anilines is 5. The van der Waals surface area contributed by atoms with Crippen molar-refractivity contribution in [3.63, 3.8) is 0 Å². The molecule has 0 aliphatic carbocycles. The fourth-order valence-electron chi connectivity index (χ4n) is 6.67. The molecule has 228 valence electrons. The molecule has 1 N–H and O–H groups in total. The highest BCUT2D eigenvalue weighted by atomic mass is 32.1. The fourth-order valence-corrected chi connectivity index (χ4v) is 8.96. The van der Waals surface area contributed by atoms with Crippen molar-refractivity contribution in [3.8, 4) is 11.1 Å². The molecule has 0 radical (unpaired) electrons. The molecular weight excluding hydrogens is 621 g/mol. The van der Waals surface area contributed by atoms with Gasteiger partial charge in [0, 0.05) is 63.1 Å². The van der Waals surface area contributed by atoms with E-state index in [-0.39, 0.29) is 0 Å². The Hall–Kier alpha value is -5.68. The molecule has 2 aromatic heterocycles. The van der Waals surface area contributed by atoms with Crippen molar-refractivity contribution in [2.24, 2.45) is 0 Å². The van der Waals surface area contributed by atoms with Crippen LogP contribution in [0.2, 0.25) is 0 Å². The van der Waals surface area contributed by atoms with Crippen molar-refractivity contribution in [2.75, 3.05) is 10.2 Å². The number of nitrogens with zero attached hydrogens (tertiary/aromatic N) is 1. The van der Waals surface area contributed by atoms with Gasteiger partial charge in [0.25, 0.3) is 0 Å². The molecule has 0 amide bonds. The number of fused-ring (bicyclic) bond motifs is 6. The van der Waals surface area contributed by atoms with Crippen LogP contribution in [0.4, 0.5) is 28.4 Å². The molecule has 0 fully saturated rings. The van der Waals surface area contributed by atoms with Gasteiger partial charge in [0.1, 0.15) is 0 Å².